The standard InChI is InChI=1S/C26H34ClN9O/c1-4-34-9-11-35(12-10-34)24-15-22(29-23-14-18(3)32-33-23)30-26(31-24)28-20-7-8-36(16-20)25(37)19-5-6-21(27)17(2)13-19/h5-6,13-15,20H,4,7-12,16H2,1-3H3,(H3,28,29,30,31,32,33)/t20-/m0/s1. The number of amides is 1. The summed E-state index contributed by atoms with van der Waals surface area (Å²) in [7, 11) is 0. The summed E-state index contributed by atoms with van der Waals surface area (Å²) >= 11 is 6.14. The molecule has 0 saturated carbocycles. The normalized spacial score (nSPS) is 18.3. The molecule has 3 N–H and O–H groups in total. The number of likely N-dealkylation sites (N-methyl/N-ethyl adjacent to an activating group) is 1. The molecule has 2 fully saturated rings. The molecule has 37 heavy (non-hydrogen) atoms. The van der Waals surface area contributed by atoms with Crippen molar-refractivity contribution in [1.82, 2.24) is 30.0 Å². The van der Waals surface area contributed by atoms with E-state index in [9.17, 15) is 4.79 Å². The first-order valence-corrected chi connectivity index (χ1v) is 13.2. The van der Waals surface area contributed by atoms with Crippen molar-refractivity contribution in [2.45, 2.75) is 33.2 Å². The molecule has 0 radical (unpaired) electrons. The summed E-state index contributed by atoms with van der Waals surface area (Å²) in [6, 6.07) is 9.40. The Morgan fingerprint density at radius 3 is 2.59 bits per heavy atom. The van der Waals surface area contributed by atoms with Gasteiger partial charge in [-0.2, -0.15) is 15.1 Å². The number of H-pyrrole nitrogens is 1. The molecule has 3 aromatic rings. The number of anilines is 4. The van der Waals surface area contributed by atoms with Crippen LogP contribution in [-0.4, -0.2) is 87.7 Å². The summed E-state index contributed by atoms with van der Waals surface area (Å²) in [6.45, 7) is 12.2. The molecule has 5 rings (SSSR count). The van der Waals surface area contributed by atoms with E-state index < -0.39 is 0 Å². The molecule has 2 saturated heterocycles. The number of piperazine rings is 1. The van der Waals surface area contributed by atoms with Gasteiger partial charge in [-0.1, -0.05) is 18.5 Å². The number of aryl methyl sites for hydroxylation is 2. The lowest BCUT2D eigenvalue weighted by Crippen LogP contribution is -2.46. The van der Waals surface area contributed by atoms with Crippen molar-refractivity contribution in [3.8, 4) is 0 Å². The molecular weight excluding hydrogens is 490 g/mol. The summed E-state index contributed by atoms with van der Waals surface area (Å²) in [6.07, 6.45) is 0.822. The third kappa shape index (κ3) is 5.97. The van der Waals surface area contributed by atoms with E-state index in [-0.39, 0.29) is 11.9 Å². The van der Waals surface area contributed by atoms with Crippen LogP contribution in [0.2, 0.25) is 5.02 Å². The van der Waals surface area contributed by atoms with Crippen molar-refractivity contribution in [3.63, 3.8) is 0 Å². The number of nitrogens with zero attached hydrogens (tertiary/aromatic N) is 6. The molecule has 1 aromatic carbocycles. The maximum absolute atomic E-state index is 13.1. The number of aromatic amines is 1. The number of halogens is 1. The van der Waals surface area contributed by atoms with Crippen LogP contribution in [0.1, 0.15) is 35.0 Å². The molecule has 1 atom stereocenters. The molecule has 0 aliphatic carbocycles. The summed E-state index contributed by atoms with van der Waals surface area (Å²) < 4.78 is 0. The third-order valence-electron chi connectivity index (χ3n) is 7.03. The van der Waals surface area contributed by atoms with E-state index in [0.29, 0.717) is 41.3 Å². The highest BCUT2D eigenvalue weighted by molar-refractivity contribution is 6.31. The molecule has 0 bridgehead atoms. The number of likely N-dealkylation sites (tertiary alicyclic amines) is 1. The minimum atomic E-state index is 0.0174. The fourth-order valence-electron chi connectivity index (χ4n) is 4.84. The van der Waals surface area contributed by atoms with E-state index >= 15 is 0 Å². The summed E-state index contributed by atoms with van der Waals surface area (Å²) in [5, 5.41) is 14.7. The molecule has 4 heterocycles. The Bertz CT molecular complexity index is 1250. The highest BCUT2D eigenvalue weighted by atomic mass is 35.5. The molecule has 10 nitrogen and oxygen atoms in total. The number of hydrogen-bond acceptors (Lipinski definition) is 8. The zero-order valence-electron chi connectivity index (χ0n) is 21.6. The average Bonchev–Trinajstić information content (AvgIpc) is 3.53. The van der Waals surface area contributed by atoms with E-state index in [1.54, 1.807) is 12.1 Å². The van der Waals surface area contributed by atoms with Crippen molar-refractivity contribution in [2.75, 3.05) is 61.3 Å². The molecule has 11 heteroatoms. The van der Waals surface area contributed by atoms with Gasteiger partial charge in [-0.05, 0) is 50.6 Å². The van der Waals surface area contributed by atoms with Gasteiger partial charge in [0, 0.05) is 73.7 Å². The highest BCUT2D eigenvalue weighted by Crippen LogP contribution is 2.25. The van der Waals surface area contributed by atoms with Gasteiger partial charge >= 0.3 is 0 Å². The van der Waals surface area contributed by atoms with Crippen LogP contribution in [0.3, 0.4) is 0 Å². The summed E-state index contributed by atoms with van der Waals surface area (Å²) in [5.74, 6) is 2.83. The average molecular weight is 524 g/mol. The highest BCUT2D eigenvalue weighted by Gasteiger charge is 2.28. The number of benzene rings is 1. The van der Waals surface area contributed by atoms with Gasteiger partial charge < -0.3 is 25.3 Å². The van der Waals surface area contributed by atoms with Gasteiger partial charge in [0.1, 0.15) is 11.6 Å². The molecular formula is C26H34ClN9O. The number of carbonyl (C=O) groups excluding carboxylic acids is 1. The van der Waals surface area contributed by atoms with Gasteiger partial charge in [0.25, 0.3) is 5.91 Å². The SMILES string of the molecule is CCN1CCN(c2cc(Nc3cc(C)[nH]n3)nc(N[C@H]3CCN(C(=O)c4ccc(Cl)c(C)c4)C3)n2)CC1. The monoisotopic (exact) mass is 523 g/mol. The van der Waals surface area contributed by atoms with Crippen molar-refractivity contribution in [2.24, 2.45) is 0 Å². The first-order chi connectivity index (χ1) is 17.9. The van der Waals surface area contributed by atoms with Crippen LogP contribution < -0.4 is 15.5 Å². The smallest absolute Gasteiger partial charge is 0.253 e. The molecule has 196 valence electrons. The van der Waals surface area contributed by atoms with Crippen LogP contribution in [0, 0.1) is 13.8 Å². The molecule has 0 spiro atoms. The van der Waals surface area contributed by atoms with Crippen LogP contribution in [0.25, 0.3) is 0 Å². The van der Waals surface area contributed by atoms with Crippen LogP contribution in [0.15, 0.2) is 30.3 Å². The Balaban J connectivity index is 1.31. The van der Waals surface area contributed by atoms with E-state index in [4.69, 9.17) is 21.6 Å². The first-order valence-electron chi connectivity index (χ1n) is 12.9. The second-order valence-electron chi connectivity index (χ2n) is 9.76. The minimum Gasteiger partial charge on any atom is -0.354 e. The number of aromatic nitrogens is 4. The van der Waals surface area contributed by atoms with Gasteiger partial charge in [0.15, 0.2) is 5.82 Å². The Morgan fingerprint density at radius 2 is 1.89 bits per heavy atom. The summed E-state index contributed by atoms with van der Waals surface area (Å²) in [4.78, 5) is 29.3. The second kappa shape index (κ2) is 10.9. The van der Waals surface area contributed by atoms with Gasteiger partial charge in [0.2, 0.25) is 5.95 Å². The minimum absolute atomic E-state index is 0.0174. The molecule has 2 aliphatic heterocycles. The van der Waals surface area contributed by atoms with Crippen molar-refractivity contribution >= 4 is 40.9 Å². The zero-order chi connectivity index (χ0) is 25.9. The Labute approximate surface area is 222 Å². The van der Waals surface area contributed by atoms with Crippen LogP contribution in [-0.2, 0) is 0 Å². The maximum Gasteiger partial charge on any atom is 0.253 e. The van der Waals surface area contributed by atoms with Crippen molar-refractivity contribution in [3.05, 3.63) is 52.2 Å². The van der Waals surface area contributed by atoms with Gasteiger partial charge in [-0.15, -0.1) is 0 Å². The van der Waals surface area contributed by atoms with Crippen LogP contribution in [0.5, 0.6) is 0 Å². The lowest BCUT2D eigenvalue weighted by atomic mass is 10.1. The maximum atomic E-state index is 13.1. The predicted octanol–water partition coefficient (Wildman–Crippen LogP) is 3.68. The fraction of sp³-hybridized carbons (Fsp3) is 0.462. The van der Waals surface area contributed by atoms with Crippen molar-refractivity contribution < 1.29 is 4.79 Å². The predicted molar refractivity (Wildman–Crippen MR) is 147 cm³/mol. The third-order valence-corrected chi connectivity index (χ3v) is 7.46. The second-order valence-corrected chi connectivity index (χ2v) is 10.2. The van der Waals surface area contributed by atoms with E-state index in [0.717, 1.165) is 56.2 Å². The Hall–Kier alpha value is -3.37. The van der Waals surface area contributed by atoms with E-state index in [1.807, 2.05) is 36.9 Å². The fourth-order valence-corrected chi connectivity index (χ4v) is 4.95. The molecule has 0 unspecified atom stereocenters. The Morgan fingerprint density at radius 1 is 1.08 bits per heavy atom. The van der Waals surface area contributed by atoms with Gasteiger partial charge in [0.05, 0.1) is 0 Å². The number of rotatable bonds is 7. The largest absolute Gasteiger partial charge is 0.354 e. The van der Waals surface area contributed by atoms with Crippen LogP contribution >= 0.6 is 11.6 Å². The quantitative estimate of drug-likeness (QED) is 0.431. The lowest BCUT2D eigenvalue weighted by Gasteiger charge is -2.35. The number of hydrogen-bond donors (Lipinski definition) is 3. The van der Waals surface area contributed by atoms with Gasteiger partial charge in [-0.3, -0.25) is 9.89 Å². The lowest BCUT2D eigenvalue weighted by molar-refractivity contribution is 0.0791. The van der Waals surface area contributed by atoms with Crippen LogP contribution in [0.4, 0.5) is 23.4 Å². The molecule has 2 aromatic heterocycles. The molecule has 2 aliphatic rings. The first kappa shape index (κ1) is 25.3. The summed E-state index contributed by atoms with van der Waals surface area (Å²) in [5.41, 5.74) is 2.53. The Kier molecular flexibility index (Phi) is 7.48. The van der Waals surface area contributed by atoms with E-state index in [2.05, 4.69) is 37.6 Å². The zero-order valence-corrected chi connectivity index (χ0v) is 22.3. The molecule has 1 amide bonds. The topological polar surface area (TPSA) is 105 Å². The van der Waals surface area contributed by atoms with Gasteiger partial charge in [-0.25, -0.2) is 0 Å². The van der Waals surface area contributed by atoms with Crippen molar-refractivity contribution in [1.29, 1.82) is 0 Å². The number of carbonyl (C=O) groups is 1. The van der Waals surface area contributed by atoms with E-state index in [1.165, 1.54) is 0 Å². The number of nitrogens with one attached hydrogen (secondary N) is 3.